The lowest BCUT2D eigenvalue weighted by Crippen LogP contribution is -2.53. The van der Waals surface area contributed by atoms with Crippen molar-refractivity contribution in [3.8, 4) is 0 Å². The third-order valence-electron chi connectivity index (χ3n) is 2.86. The van der Waals surface area contributed by atoms with Crippen LogP contribution in [0, 0.1) is 0 Å². The number of nitrogens with one attached hydrogen (secondary N) is 2. The van der Waals surface area contributed by atoms with Crippen molar-refractivity contribution < 1.29 is 0 Å². The molecule has 0 bridgehead atoms. The molecule has 0 aromatic rings. The van der Waals surface area contributed by atoms with E-state index in [0.29, 0.717) is 5.11 Å². The molecule has 13 heavy (non-hydrogen) atoms. The molecule has 0 atom stereocenters. The minimum absolute atomic E-state index is 0.0288. The van der Waals surface area contributed by atoms with E-state index in [1.165, 1.54) is 0 Å². The van der Waals surface area contributed by atoms with Crippen molar-refractivity contribution in [2.45, 2.75) is 18.4 Å². The molecule has 2 rings (SSSR count). The number of hydrogen-bond acceptors (Lipinski definition) is 3. The normalized spacial score (nSPS) is 27.5. The highest BCUT2D eigenvalue weighted by Gasteiger charge is 2.42. The Morgan fingerprint density at radius 1 is 1.31 bits per heavy atom. The average Bonchev–Trinajstić information content (AvgIpc) is 2.34. The number of likely N-dealkylation sites (tertiary alicyclic amines) is 1. The van der Waals surface area contributed by atoms with Crippen molar-refractivity contribution >= 4 is 34.5 Å². The predicted molar refractivity (Wildman–Crippen MR) is 60.9 cm³/mol. The van der Waals surface area contributed by atoms with Crippen molar-refractivity contribution in [3.05, 3.63) is 0 Å². The molecule has 0 amide bonds. The Morgan fingerprint density at radius 2 is 1.92 bits per heavy atom. The molecule has 3 nitrogen and oxygen atoms in total. The van der Waals surface area contributed by atoms with E-state index in [9.17, 15) is 0 Å². The van der Waals surface area contributed by atoms with Gasteiger partial charge in [-0.05, 0) is 32.1 Å². The Balaban J connectivity index is 2.13. The lowest BCUT2D eigenvalue weighted by atomic mass is 9.89. The van der Waals surface area contributed by atoms with Gasteiger partial charge in [-0.2, -0.15) is 0 Å². The summed E-state index contributed by atoms with van der Waals surface area (Å²) in [6.07, 6.45) is 2.10. The lowest BCUT2D eigenvalue weighted by molar-refractivity contribution is 0.223. The molecule has 0 saturated carbocycles. The van der Waals surface area contributed by atoms with Crippen LogP contribution < -0.4 is 10.6 Å². The van der Waals surface area contributed by atoms with Gasteiger partial charge in [0.2, 0.25) is 0 Å². The summed E-state index contributed by atoms with van der Waals surface area (Å²) in [5.74, 6) is 0. The Kier molecular flexibility index (Phi) is 2.25. The topological polar surface area (TPSA) is 27.3 Å². The highest BCUT2D eigenvalue weighted by atomic mass is 32.1. The Morgan fingerprint density at radius 3 is 2.38 bits per heavy atom. The molecular formula is C8H13N3S2. The first-order chi connectivity index (χ1) is 6.12. The molecule has 0 aromatic heterocycles. The second kappa shape index (κ2) is 3.15. The Hall–Kier alpha value is -0.260. The lowest BCUT2D eigenvalue weighted by Gasteiger charge is -2.36. The summed E-state index contributed by atoms with van der Waals surface area (Å²) in [5.41, 5.74) is -0.0288. The van der Waals surface area contributed by atoms with E-state index < -0.39 is 0 Å². The van der Waals surface area contributed by atoms with E-state index in [4.69, 9.17) is 24.4 Å². The highest BCUT2D eigenvalue weighted by Crippen LogP contribution is 2.25. The van der Waals surface area contributed by atoms with Crippen LogP contribution >= 0.6 is 24.4 Å². The van der Waals surface area contributed by atoms with Gasteiger partial charge in [-0.15, -0.1) is 0 Å². The second-order valence-electron chi connectivity index (χ2n) is 3.79. The van der Waals surface area contributed by atoms with Crippen LogP contribution in [0.25, 0.3) is 0 Å². The summed E-state index contributed by atoms with van der Waals surface area (Å²) in [5, 5.41) is 7.01. The molecule has 2 aliphatic rings. The maximum absolute atomic E-state index is 5.29. The highest BCUT2D eigenvalue weighted by molar-refractivity contribution is 7.82. The zero-order chi connectivity index (χ0) is 9.47. The van der Waals surface area contributed by atoms with Gasteiger partial charge in [-0.25, -0.2) is 0 Å². The Bertz CT molecular complexity index is 256. The number of thiocarbonyl (C=S) groups is 2. The molecule has 2 saturated heterocycles. The SMILES string of the molecule is CN1CCC2(CC1)NC(=S)NC2=S. The molecule has 2 N–H and O–H groups in total. The average molecular weight is 215 g/mol. The minimum Gasteiger partial charge on any atom is -0.350 e. The van der Waals surface area contributed by atoms with E-state index in [2.05, 4.69) is 22.6 Å². The van der Waals surface area contributed by atoms with E-state index in [0.717, 1.165) is 30.9 Å². The van der Waals surface area contributed by atoms with Crippen molar-refractivity contribution in [1.29, 1.82) is 0 Å². The largest absolute Gasteiger partial charge is 0.350 e. The molecule has 1 spiro atoms. The molecular weight excluding hydrogens is 202 g/mol. The van der Waals surface area contributed by atoms with E-state index in [1.807, 2.05) is 0 Å². The zero-order valence-electron chi connectivity index (χ0n) is 7.59. The third-order valence-corrected chi connectivity index (χ3v) is 3.55. The van der Waals surface area contributed by atoms with Crippen LogP contribution in [0.15, 0.2) is 0 Å². The van der Waals surface area contributed by atoms with Crippen molar-refractivity contribution in [2.24, 2.45) is 0 Å². The predicted octanol–water partition coefficient (Wildman–Crippen LogP) is 0.256. The van der Waals surface area contributed by atoms with Crippen LogP contribution in [0.4, 0.5) is 0 Å². The van der Waals surface area contributed by atoms with Gasteiger partial charge >= 0.3 is 0 Å². The van der Waals surface area contributed by atoms with Crippen LogP contribution in [0.5, 0.6) is 0 Å². The maximum atomic E-state index is 5.29. The number of piperidine rings is 1. The minimum atomic E-state index is -0.0288. The molecule has 0 radical (unpaired) electrons. The van der Waals surface area contributed by atoms with E-state index in [1.54, 1.807) is 0 Å². The van der Waals surface area contributed by atoms with E-state index >= 15 is 0 Å². The van der Waals surface area contributed by atoms with Crippen LogP contribution in [-0.2, 0) is 0 Å². The standard InChI is InChI=1S/C8H13N3S2/c1-11-4-2-8(3-5-11)6(12)9-7(13)10-8/h2-5H2,1H3,(H2,9,10,12,13). The molecule has 0 unspecified atom stereocenters. The van der Waals surface area contributed by atoms with Crippen molar-refractivity contribution in [3.63, 3.8) is 0 Å². The van der Waals surface area contributed by atoms with E-state index in [-0.39, 0.29) is 5.54 Å². The molecule has 72 valence electrons. The molecule has 2 fully saturated rings. The van der Waals surface area contributed by atoms with Gasteiger partial charge < -0.3 is 15.5 Å². The zero-order valence-corrected chi connectivity index (χ0v) is 9.23. The second-order valence-corrected chi connectivity index (χ2v) is 4.61. The van der Waals surface area contributed by atoms with Gasteiger partial charge in [0.1, 0.15) is 4.99 Å². The molecule has 2 heterocycles. The molecule has 2 aliphatic heterocycles. The fraction of sp³-hybridized carbons (Fsp3) is 0.750. The monoisotopic (exact) mass is 215 g/mol. The summed E-state index contributed by atoms with van der Waals surface area (Å²) in [6, 6.07) is 0. The third kappa shape index (κ3) is 1.56. The van der Waals surface area contributed by atoms with Gasteiger partial charge in [0.25, 0.3) is 0 Å². The molecule has 0 aliphatic carbocycles. The molecule has 0 aromatic carbocycles. The first-order valence-corrected chi connectivity index (χ1v) is 5.26. The van der Waals surface area contributed by atoms with Crippen LogP contribution in [-0.4, -0.2) is 40.7 Å². The fourth-order valence-electron chi connectivity index (χ4n) is 1.88. The summed E-state index contributed by atoms with van der Waals surface area (Å²) in [4.78, 5) is 3.20. The number of rotatable bonds is 0. The summed E-state index contributed by atoms with van der Waals surface area (Å²) < 4.78 is 0. The van der Waals surface area contributed by atoms with Crippen LogP contribution in [0.2, 0.25) is 0 Å². The maximum Gasteiger partial charge on any atom is 0.172 e. The summed E-state index contributed by atoms with van der Waals surface area (Å²) in [6.45, 7) is 2.16. The first kappa shape index (κ1) is 9.30. The fourth-order valence-corrected chi connectivity index (χ4v) is 2.60. The van der Waals surface area contributed by atoms with Gasteiger partial charge in [-0.1, -0.05) is 12.2 Å². The summed E-state index contributed by atoms with van der Waals surface area (Å²) in [7, 11) is 2.14. The van der Waals surface area contributed by atoms with Crippen LogP contribution in [0.3, 0.4) is 0 Å². The first-order valence-electron chi connectivity index (χ1n) is 4.45. The van der Waals surface area contributed by atoms with Gasteiger partial charge in [0.05, 0.1) is 5.54 Å². The Labute approximate surface area is 88.9 Å². The molecule has 5 heteroatoms. The van der Waals surface area contributed by atoms with Gasteiger partial charge in [-0.3, -0.25) is 0 Å². The van der Waals surface area contributed by atoms with Gasteiger partial charge in [0.15, 0.2) is 5.11 Å². The van der Waals surface area contributed by atoms with Gasteiger partial charge in [0, 0.05) is 13.1 Å². The number of nitrogens with zero attached hydrogens (tertiary/aromatic N) is 1. The summed E-state index contributed by atoms with van der Waals surface area (Å²) >= 11 is 10.3. The quantitative estimate of drug-likeness (QED) is 0.565. The number of hydrogen-bond donors (Lipinski definition) is 2. The smallest absolute Gasteiger partial charge is 0.172 e. The van der Waals surface area contributed by atoms with Crippen molar-refractivity contribution in [1.82, 2.24) is 15.5 Å². The van der Waals surface area contributed by atoms with Crippen molar-refractivity contribution in [2.75, 3.05) is 20.1 Å². The van der Waals surface area contributed by atoms with Crippen LogP contribution in [0.1, 0.15) is 12.8 Å².